The Labute approximate surface area is 104 Å². The van der Waals surface area contributed by atoms with E-state index in [0.717, 1.165) is 5.69 Å². The van der Waals surface area contributed by atoms with E-state index in [1.807, 2.05) is 0 Å². The van der Waals surface area contributed by atoms with Gasteiger partial charge in [0.15, 0.2) is 0 Å². The van der Waals surface area contributed by atoms with E-state index >= 15 is 0 Å². The van der Waals surface area contributed by atoms with Crippen LogP contribution in [0.2, 0.25) is 0 Å². The number of aryl methyl sites for hydroxylation is 1. The van der Waals surface area contributed by atoms with Crippen LogP contribution in [0.25, 0.3) is 5.53 Å². The van der Waals surface area contributed by atoms with Crippen molar-refractivity contribution in [2.24, 2.45) is 0 Å². The van der Waals surface area contributed by atoms with Gasteiger partial charge >= 0.3 is 11.7 Å². The van der Waals surface area contributed by atoms with Crippen molar-refractivity contribution in [2.75, 3.05) is 6.61 Å². The van der Waals surface area contributed by atoms with Crippen LogP contribution in [0, 0.1) is 0 Å². The molecule has 0 saturated heterocycles. The van der Waals surface area contributed by atoms with E-state index in [2.05, 4.69) is 14.5 Å². The summed E-state index contributed by atoms with van der Waals surface area (Å²) in [5.74, 6) is -1.48. The zero-order valence-corrected chi connectivity index (χ0v) is 10.00. The maximum Gasteiger partial charge on any atom is 0.441 e. The van der Waals surface area contributed by atoms with Crippen LogP contribution >= 0.6 is 0 Å². The second-order valence-electron chi connectivity index (χ2n) is 3.41. The van der Waals surface area contributed by atoms with Crippen LogP contribution in [0.1, 0.15) is 19.0 Å². The van der Waals surface area contributed by atoms with E-state index in [1.165, 1.54) is 0 Å². The van der Waals surface area contributed by atoms with Gasteiger partial charge in [-0.05, 0) is 25.5 Å². The lowest BCUT2D eigenvalue weighted by atomic mass is 10.1. The second-order valence-corrected chi connectivity index (χ2v) is 3.41. The van der Waals surface area contributed by atoms with Gasteiger partial charge in [0.2, 0.25) is 0 Å². The number of ketones is 1. The minimum absolute atomic E-state index is 0.0369. The highest BCUT2D eigenvalue weighted by atomic mass is 16.5. The molecule has 94 valence electrons. The van der Waals surface area contributed by atoms with Crippen molar-refractivity contribution < 1.29 is 19.1 Å². The summed E-state index contributed by atoms with van der Waals surface area (Å²) in [6.07, 6.45) is 2.03. The van der Waals surface area contributed by atoms with Crippen molar-refractivity contribution in [3.8, 4) is 0 Å². The van der Waals surface area contributed by atoms with Crippen LogP contribution in [0.4, 0.5) is 0 Å². The van der Waals surface area contributed by atoms with Gasteiger partial charge in [-0.3, -0.25) is 9.78 Å². The van der Waals surface area contributed by atoms with Crippen LogP contribution < -0.4 is 0 Å². The van der Waals surface area contributed by atoms with Crippen molar-refractivity contribution in [2.45, 2.75) is 19.8 Å². The Bertz CT molecular complexity index is 479. The summed E-state index contributed by atoms with van der Waals surface area (Å²) in [4.78, 5) is 29.7. The molecule has 1 rings (SSSR count). The number of hydrogen-bond donors (Lipinski definition) is 0. The van der Waals surface area contributed by atoms with Gasteiger partial charge in [-0.25, -0.2) is 4.79 Å². The number of esters is 1. The Morgan fingerprint density at radius 2 is 2.22 bits per heavy atom. The molecule has 0 radical (unpaired) electrons. The molecular weight excluding hydrogens is 234 g/mol. The molecule has 0 fully saturated rings. The number of Topliss-reactive ketones (excluding diaryl/α,β-unsaturated/α-hetero) is 1. The molecule has 0 N–H and O–H groups in total. The molecule has 6 heteroatoms. The Morgan fingerprint density at radius 3 is 2.78 bits per heavy atom. The lowest BCUT2D eigenvalue weighted by molar-refractivity contribution is -0.141. The zero-order valence-electron chi connectivity index (χ0n) is 10.00. The molecule has 18 heavy (non-hydrogen) atoms. The van der Waals surface area contributed by atoms with Gasteiger partial charge in [0, 0.05) is 18.3 Å². The smallest absolute Gasteiger partial charge is 0.441 e. The average Bonchev–Trinajstić information content (AvgIpc) is 2.39. The Morgan fingerprint density at radius 1 is 1.44 bits per heavy atom. The highest BCUT2D eigenvalue weighted by molar-refractivity contribution is 6.62. The van der Waals surface area contributed by atoms with E-state index in [0.29, 0.717) is 6.42 Å². The first kappa shape index (κ1) is 13.7. The van der Waals surface area contributed by atoms with Crippen molar-refractivity contribution in [3.63, 3.8) is 0 Å². The van der Waals surface area contributed by atoms with Gasteiger partial charge in [-0.15, -0.1) is 0 Å². The van der Waals surface area contributed by atoms with E-state index in [-0.39, 0.29) is 13.0 Å². The Hall–Kier alpha value is -2.33. The minimum Gasteiger partial charge on any atom is -0.457 e. The maximum atomic E-state index is 11.6. The lowest BCUT2D eigenvalue weighted by Crippen LogP contribution is -2.27. The monoisotopic (exact) mass is 247 g/mol. The van der Waals surface area contributed by atoms with Gasteiger partial charge in [-0.2, -0.15) is 4.79 Å². The largest absolute Gasteiger partial charge is 0.457 e. The molecule has 6 nitrogen and oxygen atoms in total. The van der Waals surface area contributed by atoms with E-state index in [4.69, 9.17) is 5.53 Å². The Kier molecular flexibility index (Phi) is 5.41. The molecule has 1 aromatic heterocycles. The number of hydrogen-bond acceptors (Lipinski definition) is 4. The van der Waals surface area contributed by atoms with Gasteiger partial charge < -0.3 is 10.3 Å². The standard InChI is InChI=1S/C12H13N3O3/c1-2-18-12(17)11(15-13)10(16)7-6-9-5-3-4-8-14-9/h3-5,8H,2,6-7H2,1H3. The Balaban J connectivity index is 2.59. The maximum absolute atomic E-state index is 11.6. The molecule has 0 aliphatic heterocycles. The summed E-state index contributed by atoms with van der Waals surface area (Å²) in [5, 5.41) is 0. The third-order valence-electron chi connectivity index (χ3n) is 2.17. The fourth-order valence-corrected chi connectivity index (χ4v) is 1.32. The highest BCUT2D eigenvalue weighted by Crippen LogP contribution is 2.00. The van der Waals surface area contributed by atoms with Crippen LogP contribution in [-0.4, -0.2) is 33.8 Å². The topological polar surface area (TPSA) is 92.7 Å². The third-order valence-corrected chi connectivity index (χ3v) is 2.17. The predicted octanol–water partition coefficient (Wildman–Crippen LogP) is 0.817. The van der Waals surface area contributed by atoms with Crippen molar-refractivity contribution in [1.29, 1.82) is 0 Å². The average molecular weight is 247 g/mol. The van der Waals surface area contributed by atoms with Crippen molar-refractivity contribution in [3.05, 3.63) is 35.6 Å². The summed E-state index contributed by atoms with van der Waals surface area (Å²) < 4.78 is 4.60. The number of aromatic nitrogens is 1. The number of carbonyl (C=O) groups excluding carboxylic acids is 2. The van der Waals surface area contributed by atoms with Crippen molar-refractivity contribution in [1.82, 2.24) is 4.98 Å². The minimum atomic E-state index is -0.911. The van der Waals surface area contributed by atoms with E-state index < -0.39 is 17.5 Å². The summed E-state index contributed by atoms with van der Waals surface area (Å²) in [6, 6.07) is 5.34. The lowest BCUT2D eigenvalue weighted by Gasteiger charge is -1.98. The highest BCUT2D eigenvalue weighted by Gasteiger charge is 2.30. The number of pyridine rings is 1. The molecule has 0 aromatic carbocycles. The first-order chi connectivity index (χ1) is 8.69. The van der Waals surface area contributed by atoms with E-state index in [1.54, 1.807) is 31.3 Å². The summed E-state index contributed by atoms with van der Waals surface area (Å²) in [7, 11) is 0. The fraction of sp³-hybridized carbons (Fsp3) is 0.333. The number of rotatable bonds is 6. The van der Waals surface area contributed by atoms with Gasteiger partial charge in [-0.1, -0.05) is 6.07 Å². The van der Waals surface area contributed by atoms with Gasteiger partial charge in [0.25, 0.3) is 5.78 Å². The first-order valence-corrected chi connectivity index (χ1v) is 5.51. The normalized spacial score (nSPS) is 9.39. The van der Waals surface area contributed by atoms with E-state index in [9.17, 15) is 9.59 Å². The molecule has 0 bridgehead atoms. The summed E-state index contributed by atoms with van der Waals surface area (Å²) in [6.45, 7) is 1.72. The fourth-order valence-electron chi connectivity index (χ4n) is 1.32. The molecule has 0 amide bonds. The van der Waals surface area contributed by atoms with Crippen LogP contribution in [0.15, 0.2) is 24.4 Å². The van der Waals surface area contributed by atoms with Gasteiger partial charge in [0.1, 0.15) is 0 Å². The summed E-state index contributed by atoms with van der Waals surface area (Å²) >= 11 is 0. The molecule has 0 saturated carbocycles. The SMILES string of the molecule is CCOC(=O)C(=[N+]=[N-])C(=O)CCc1ccccn1. The molecule has 0 aliphatic rings. The molecule has 0 atom stereocenters. The molecule has 1 aromatic rings. The number of nitrogens with zero attached hydrogens (tertiary/aromatic N) is 3. The molecular formula is C12H13N3O3. The number of carbonyl (C=O) groups is 2. The molecule has 1 heterocycles. The quantitative estimate of drug-likeness (QED) is 0.244. The zero-order chi connectivity index (χ0) is 13.4. The third kappa shape index (κ3) is 3.92. The van der Waals surface area contributed by atoms with Crippen LogP contribution in [-0.2, 0) is 20.7 Å². The van der Waals surface area contributed by atoms with Crippen LogP contribution in [0.5, 0.6) is 0 Å². The number of ether oxygens (including phenoxy) is 1. The van der Waals surface area contributed by atoms with Crippen molar-refractivity contribution >= 4 is 17.5 Å². The second kappa shape index (κ2) is 7.09. The predicted molar refractivity (Wildman–Crippen MR) is 62.8 cm³/mol. The first-order valence-electron chi connectivity index (χ1n) is 5.51. The molecule has 0 spiro atoms. The van der Waals surface area contributed by atoms with Crippen LogP contribution in [0.3, 0.4) is 0 Å². The molecule has 0 aliphatic carbocycles. The molecule has 0 unspecified atom stereocenters. The van der Waals surface area contributed by atoms with Gasteiger partial charge in [0.05, 0.1) is 6.61 Å². The summed E-state index contributed by atoms with van der Waals surface area (Å²) in [5.41, 5.74) is 8.79.